The number of fused-ring (bicyclic) bond motifs is 2. The van der Waals surface area contributed by atoms with Crippen LogP contribution in [0.4, 0.5) is 0 Å². The van der Waals surface area contributed by atoms with Gasteiger partial charge >= 0.3 is 0 Å². The van der Waals surface area contributed by atoms with Gasteiger partial charge in [-0.25, -0.2) is 0 Å². The van der Waals surface area contributed by atoms with Gasteiger partial charge in [0.15, 0.2) is 0 Å². The monoisotopic (exact) mass is 574 g/mol. The Bertz CT molecular complexity index is 1840. The molecule has 0 radical (unpaired) electrons. The van der Waals surface area contributed by atoms with Crippen molar-refractivity contribution in [1.82, 2.24) is 0 Å². The van der Waals surface area contributed by atoms with Gasteiger partial charge in [0, 0.05) is 28.8 Å². The lowest BCUT2D eigenvalue weighted by molar-refractivity contribution is 0.112. The molecule has 7 rings (SSSR count). The Balaban J connectivity index is 1.48. The molecule has 0 aromatic heterocycles. The van der Waals surface area contributed by atoms with E-state index < -0.39 is 24.0 Å². The molecule has 0 aliphatic carbocycles. The summed E-state index contributed by atoms with van der Waals surface area (Å²) < 4.78 is 13.0. The van der Waals surface area contributed by atoms with Gasteiger partial charge in [-0.05, 0) is 82.9 Å². The number of hydrogen-bond acceptors (Lipinski definition) is 8. The number of carbonyl (C=O) groups excluding carboxylic acids is 1. The molecule has 0 spiro atoms. The molecule has 5 aromatic rings. The summed E-state index contributed by atoms with van der Waals surface area (Å²) >= 11 is 0. The van der Waals surface area contributed by atoms with Crippen molar-refractivity contribution in [1.29, 1.82) is 0 Å². The zero-order valence-electron chi connectivity index (χ0n) is 22.6. The zero-order valence-corrected chi connectivity index (χ0v) is 22.6. The second kappa shape index (κ2) is 10.0. The highest BCUT2D eigenvalue weighted by molar-refractivity contribution is 5.76. The van der Waals surface area contributed by atoms with Gasteiger partial charge in [-0.2, -0.15) is 0 Å². The van der Waals surface area contributed by atoms with E-state index in [0.717, 1.165) is 23.0 Å². The molecule has 0 fully saturated rings. The molecule has 5 N–H and O–H groups in total. The van der Waals surface area contributed by atoms with Crippen molar-refractivity contribution in [3.05, 3.63) is 136 Å². The Kier molecular flexibility index (Phi) is 6.13. The molecule has 4 atom stereocenters. The third kappa shape index (κ3) is 4.53. The molecule has 43 heavy (non-hydrogen) atoms. The number of phenolic OH excluding ortho intramolecular Hbond substituents is 5. The summed E-state index contributed by atoms with van der Waals surface area (Å²) in [5.41, 5.74) is 4.65. The van der Waals surface area contributed by atoms with Gasteiger partial charge in [0.1, 0.15) is 58.7 Å². The number of phenols is 5. The highest BCUT2D eigenvalue weighted by Crippen LogP contribution is 2.58. The van der Waals surface area contributed by atoms with Gasteiger partial charge in [0.25, 0.3) is 0 Å². The summed E-state index contributed by atoms with van der Waals surface area (Å²) in [6, 6.07) is 26.0. The minimum atomic E-state index is -0.646. The smallest absolute Gasteiger partial charge is 0.150 e. The fraction of sp³-hybridized carbons (Fsp3) is 0.114. The Morgan fingerprint density at radius 3 is 1.65 bits per heavy atom. The molecule has 0 unspecified atom stereocenters. The Hall–Kier alpha value is -5.63. The number of rotatable bonds is 5. The van der Waals surface area contributed by atoms with Gasteiger partial charge in [0.05, 0.1) is 11.8 Å². The molecule has 8 nitrogen and oxygen atoms in total. The number of ether oxygens (including phenoxy) is 2. The SMILES string of the molecule is O=Cc1ccc2c(c1)[C@@H](c1cc(O)cc3c1[C@@H](c1cc(O)cc(O)c1)[C@H](c1ccc(O)cc1)O3)[C@H](c1ccc(O)cc1)O2. The van der Waals surface area contributed by atoms with Crippen LogP contribution in [0.1, 0.15) is 67.8 Å². The third-order valence-corrected chi connectivity index (χ3v) is 8.15. The first kappa shape index (κ1) is 26.3. The van der Waals surface area contributed by atoms with E-state index >= 15 is 0 Å². The van der Waals surface area contributed by atoms with Crippen molar-refractivity contribution in [3.8, 4) is 40.2 Å². The van der Waals surface area contributed by atoms with E-state index in [2.05, 4.69) is 0 Å². The van der Waals surface area contributed by atoms with Crippen LogP contribution in [0.25, 0.3) is 0 Å². The average molecular weight is 575 g/mol. The van der Waals surface area contributed by atoms with Gasteiger partial charge in [-0.15, -0.1) is 0 Å². The van der Waals surface area contributed by atoms with E-state index in [4.69, 9.17) is 9.47 Å². The second-order valence-electron chi connectivity index (χ2n) is 10.9. The topological polar surface area (TPSA) is 137 Å². The number of aldehydes is 1. The second-order valence-corrected chi connectivity index (χ2v) is 10.9. The van der Waals surface area contributed by atoms with Crippen LogP contribution in [-0.4, -0.2) is 31.8 Å². The Morgan fingerprint density at radius 2 is 1.05 bits per heavy atom. The highest BCUT2D eigenvalue weighted by atomic mass is 16.5. The molecule has 8 heteroatoms. The first-order valence-corrected chi connectivity index (χ1v) is 13.7. The molecule has 0 amide bonds. The summed E-state index contributed by atoms with van der Waals surface area (Å²) in [4.78, 5) is 11.8. The van der Waals surface area contributed by atoms with Crippen LogP contribution in [0.15, 0.2) is 97.1 Å². The maximum atomic E-state index is 11.8. The van der Waals surface area contributed by atoms with Crippen molar-refractivity contribution in [3.63, 3.8) is 0 Å². The predicted molar refractivity (Wildman–Crippen MR) is 156 cm³/mol. The third-order valence-electron chi connectivity index (χ3n) is 8.15. The average Bonchev–Trinajstić information content (AvgIpc) is 3.55. The predicted octanol–water partition coefficient (Wildman–Crippen LogP) is 6.56. The van der Waals surface area contributed by atoms with Crippen LogP contribution >= 0.6 is 0 Å². The molecule has 0 saturated heterocycles. The van der Waals surface area contributed by atoms with Gasteiger partial charge in [-0.1, -0.05) is 24.3 Å². The maximum absolute atomic E-state index is 11.8. The highest BCUT2D eigenvalue weighted by Gasteiger charge is 2.45. The lowest BCUT2D eigenvalue weighted by Gasteiger charge is -2.26. The largest absolute Gasteiger partial charge is 0.508 e. The first-order valence-electron chi connectivity index (χ1n) is 13.7. The summed E-state index contributed by atoms with van der Waals surface area (Å²) in [6.07, 6.45) is -0.470. The number of benzene rings is 5. The Morgan fingerprint density at radius 1 is 0.488 bits per heavy atom. The van der Waals surface area contributed by atoms with Crippen LogP contribution in [0.2, 0.25) is 0 Å². The van der Waals surface area contributed by atoms with Crippen molar-refractivity contribution >= 4 is 6.29 Å². The Labute approximate surface area is 246 Å². The van der Waals surface area contributed by atoms with E-state index in [9.17, 15) is 30.3 Å². The standard InChI is InChI=1S/C35H26O8/c36-17-18-1-10-29-27(11-18)32(35(42-29)20-4-8-23(38)9-5-20)28-15-26(41)16-30-33(28)31(21-12-24(39)14-25(40)13-21)34(43-30)19-2-6-22(37)7-3-19/h1-17,31-32,34-35,37-41H/t31-,32+,34+,35+/m1/s1. The normalized spacial score (nSPS) is 20.1. The van der Waals surface area contributed by atoms with Crippen LogP contribution in [0.3, 0.4) is 0 Å². The van der Waals surface area contributed by atoms with Crippen LogP contribution < -0.4 is 9.47 Å². The molecular weight excluding hydrogens is 548 g/mol. The molecule has 2 aliphatic rings. The van der Waals surface area contributed by atoms with Gasteiger partial charge in [-0.3, -0.25) is 4.79 Å². The summed E-state index contributed by atoms with van der Waals surface area (Å²) in [7, 11) is 0. The lowest BCUT2D eigenvalue weighted by atomic mass is 9.76. The first-order chi connectivity index (χ1) is 20.8. The van der Waals surface area contributed by atoms with E-state index in [1.165, 1.54) is 12.1 Å². The van der Waals surface area contributed by atoms with Crippen LogP contribution in [0.5, 0.6) is 40.2 Å². The molecule has 214 valence electrons. The van der Waals surface area contributed by atoms with E-state index in [1.807, 2.05) is 0 Å². The van der Waals surface area contributed by atoms with Crippen molar-refractivity contribution in [2.24, 2.45) is 0 Å². The van der Waals surface area contributed by atoms with Crippen molar-refractivity contribution in [2.45, 2.75) is 24.0 Å². The molecule has 0 bridgehead atoms. The number of aromatic hydroxyl groups is 5. The zero-order chi connectivity index (χ0) is 29.8. The van der Waals surface area contributed by atoms with Crippen molar-refractivity contribution < 1.29 is 39.8 Å². The summed E-state index contributed by atoms with van der Waals surface area (Å²) in [5, 5.41) is 51.9. The lowest BCUT2D eigenvalue weighted by Crippen LogP contribution is -2.16. The number of carbonyl (C=O) groups is 1. The fourth-order valence-electron chi connectivity index (χ4n) is 6.35. The molecular formula is C35H26O8. The molecule has 2 heterocycles. The van der Waals surface area contributed by atoms with Crippen LogP contribution in [-0.2, 0) is 0 Å². The fourth-order valence-corrected chi connectivity index (χ4v) is 6.35. The van der Waals surface area contributed by atoms with Gasteiger partial charge in [0.2, 0.25) is 0 Å². The quantitative estimate of drug-likeness (QED) is 0.149. The van der Waals surface area contributed by atoms with E-state index in [0.29, 0.717) is 33.8 Å². The van der Waals surface area contributed by atoms with E-state index in [1.54, 1.807) is 84.9 Å². The molecule has 5 aromatic carbocycles. The molecule has 2 aliphatic heterocycles. The maximum Gasteiger partial charge on any atom is 0.150 e. The summed E-state index contributed by atoms with van der Waals surface area (Å²) in [5.74, 6) is -0.194. The summed E-state index contributed by atoms with van der Waals surface area (Å²) in [6.45, 7) is 0. The molecule has 0 saturated carbocycles. The minimum absolute atomic E-state index is 0.0398. The van der Waals surface area contributed by atoms with Gasteiger partial charge < -0.3 is 35.0 Å². The van der Waals surface area contributed by atoms with Crippen molar-refractivity contribution in [2.75, 3.05) is 0 Å². The van der Waals surface area contributed by atoms with Crippen LogP contribution in [0, 0.1) is 0 Å². The van der Waals surface area contributed by atoms with E-state index in [-0.39, 0.29) is 28.7 Å². The minimum Gasteiger partial charge on any atom is -0.508 e. The number of hydrogen-bond donors (Lipinski definition) is 5.